The van der Waals surface area contributed by atoms with E-state index in [0.29, 0.717) is 16.9 Å². The topological polar surface area (TPSA) is 46.5 Å². The number of ether oxygens (including phenoxy) is 1. The van der Waals surface area contributed by atoms with Crippen LogP contribution in [0.15, 0.2) is 42.5 Å². The molecule has 3 nitrogen and oxygen atoms in total. The molecule has 110 valence electrons. The molecule has 2 rings (SSSR count). The van der Waals surface area contributed by atoms with Gasteiger partial charge in [0.15, 0.2) is 0 Å². The number of hydrogen-bond donors (Lipinski definition) is 1. The van der Waals surface area contributed by atoms with Crippen molar-refractivity contribution < 1.29 is 19.0 Å². The number of hydrogen-bond acceptors (Lipinski definition) is 2. The Kier molecular flexibility index (Phi) is 4.58. The predicted octanol–water partition coefficient (Wildman–Crippen LogP) is 3.55. The van der Waals surface area contributed by atoms with Gasteiger partial charge in [-0.25, -0.2) is 4.39 Å². The first-order valence-corrected chi connectivity index (χ1v) is 6.63. The maximum Gasteiger partial charge on any atom is 0.311 e. The minimum Gasteiger partial charge on any atom is -0.497 e. The zero-order valence-corrected chi connectivity index (χ0v) is 12.0. The smallest absolute Gasteiger partial charge is 0.311 e. The van der Waals surface area contributed by atoms with Crippen molar-refractivity contribution in [2.45, 2.75) is 19.3 Å². The Morgan fingerprint density at radius 1 is 1.29 bits per heavy atom. The fourth-order valence-electron chi connectivity index (χ4n) is 2.28. The van der Waals surface area contributed by atoms with Crippen molar-refractivity contribution in [2.75, 3.05) is 7.11 Å². The van der Waals surface area contributed by atoms with E-state index >= 15 is 0 Å². The Hall–Kier alpha value is -2.36. The third-order valence-electron chi connectivity index (χ3n) is 3.43. The van der Waals surface area contributed by atoms with Gasteiger partial charge in [-0.1, -0.05) is 35.9 Å². The van der Waals surface area contributed by atoms with Crippen LogP contribution in [-0.4, -0.2) is 18.2 Å². The van der Waals surface area contributed by atoms with Crippen LogP contribution in [0.5, 0.6) is 5.75 Å². The van der Waals surface area contributed by atoms with Gasteiger partial charge in [-0.3, -0.25) is 4.79 Å². The molecule has 0 saturated carbocycles. The van der Waals surface area contributed by atoms with E-state index in [1.165, 1.54) is 13.2 Å². The van der Waals surface area contributed by atoms with Gasteiger partial charge in [-0.05, 0) is 30.5 Å². The number of carbonyl (C=O) groups is 1. The number of halogens is 1. The summed E-state index contributed by atoms with van der Waals surface area (Å²) in [5, 5.41) is 9.42. The van der Waals surface area contributed by atoms with E-state index < -0.39 is 17.7 Å². The second-order valence-electron chi connectivity index (χ2n) is 4.97. The highest BCUT2D eigenvalue weighted by Crippen LogP contribution is 2.25. The number of rotatable bonds is 5. The lowest BCUT2D eigenvalue weighted by Crippen LogP contribution is -2.15. The molecule has 21 heavy (non-hydrogen) atoms. The Balaban J connectivity index is 2.31. The summed E-state index contributed by atoms with van der Waals surface area (Å²) in [6, 6.07) is 11.8. The summed E-state index contributed by atoms with van der Waals surface area (Å²) >= 11 is 0. The Morgan fingerprint density at radius 3 is 2.62 bits per heavy atom. The lowest BCUT2D eigenvalue weighted by Gasteiger charge is -2.14. The van der Waals surface area contributed by atoms with Crippen LogP contribution in [0, 0.1) is 12.7 Å². The summed E-state index contributed by atoms with van der Waals surface area (Å²) in [5.41, 5.74) is 2.02. The second kappa shape index (κ2) is 6.39. The molecule has 0 aliphatic heterocycles. The number of benzene rings is 2. The lowest BCUT2D eigenvalue weighted by atomic mass is 9.91. The molecule has 0 aromatic heterocycles. The number of methoxy groups -OCH3 is 1. The van der Waals surface area contributed by atoms with Crippen LogP contribution in [0.2, 0.25) is 0 Å². The van der Waals surface area contributed by atoms with Gasteiger partial charge < -0.3 is 9.84 Å². The monoisotopic (exact) mass is 288 g/mol. The largest absolute Gasteiger partial charge is 0.497 e. The van der Waals surface area contributed by atoms with Crippen LogP contribution in [0.25, 0.3) is 0 Å². The fraction of sp³-hybridized carbons (Fsp3) is 0.235. The highest BCUT2D eigenvalue weighted by Gasteiger charge is 2.22. The van der Waals surface area contributed by atoms with E-state index in [9.17, 15) is 14.3 Å². The van der Waals surface area contributed by atoms with Crippen LogP contribution in [-0.2, 0) is 11.2 Å². The minimum absolute atomic E-state index is 0.106. The third kappa shape index (κ3) is 3.60. The number of carboxylic acid groups (broad SMARTS) is 1. The molecule has 1 N–H and O–H groups in total. The summed E-state index contributed by atoms with van der Waals surface area (Å²) in [6.07, 6.45) is 0.106. The summed E-state index contributed by atoms with van der Waals surface area (Å²) in [5.74, 6) is -1.77. The van der Waals surface area contributed by atoms with Crippen molar-refractivity contribution in [3.05, 3.63) is 65.0 Å². The minimum atomic E-state index is -0.962. The van der Waals surface area contributed by atoms with Crippen molar-refractivity contribution in [1.82, 2.24) is 0 Å². The van der Waals surface area contributed by atoms with Gasteiger partial charge in [0.2, 0.25) is 0 Å². The molecule has 0 aliphatic carbocycles. The maximum absolute atomic E-state index is 14.0. The number of carboxylic acids is 1. The zero-order valence-electron chi connectivity index (χ0n) is 12.0. The van der Waals surface area contributed by atoms with Crippen LogP contribution >= 0.6 is 0 Å². The first-order chi connectivity index (χ1) is 10.0. The first kappa shape index (κ1) is 15.0. The molecular weight excluding hydrogens is 271 g/mol. The van der Waals surface area contributed by atoms with Crippen molar-refractivity contribution >= 4 is 5.97 Å². The maximum atomic E-state index is 14.0. The molecule has 1 unspecified atom stereocenters. The summed E-state index contributed by atoms with van der Waals surface area (Å²) < 4.78 is 18.9. The Labute approximate surface area is 123 Å². The van der Waals surface area contributed by atoms with Gasteiger partial charge in [-0.2, -0.15) is 0 Å². The molecule has 0 fully saturated rings. The van der Waals surface area contributed by atoms with E-state index in [-0.39, 0.29) is 6.42 Å². The molecule has 1 atom stereocenters. The second-order valence-corrected chi connectivity index (χ2v) is 4.97. The van der Waals surface area contributed by atoms with Gasteiger partial charge >= 0.3 is 5.97 Å². The van der Waals surface area contributed by atoms with Crippen LogP contribution in [0.4, 0.5) is 4.39 Å². The highest BCUT2D eigenvalue weighted by atomic mass is 19.1. The third-order valence-corrected chi connectivity index (χ3v) is 3.43. The van der Waals surface area contributed by atoms with Crippen molar-refractivity contribution in [2.24, 2.45) is 0 Å². The van der Waals surface area contributed by atoms with Crippen LogP contribution < -0.4 is 4.74 Å². The lowest BCUT2D eigenvalue weighted by molar-refractivity contribution is -0.138. The van der Waals surface area contributed by atoms with E-state index in [1.807, 2.05) is 25.1 Å². The average Bonchev–Trinajstić information content (AvgIpc) is 2.45. The number of aliphatic carboxylic acids is 1. The predicted molar refractivity (Wildman–Crippen MR) is 78.2 cm³/mol. The SMILES string of the molecule is COc1ccc(CC(C(=O)O)c2cccc(C)c2)c(F)c1. The zero-order chi connectivity index (χ0) is 15.4. The summed E-state index contributed by atoms with van der Waals surface area (Å²) in [4.78, 5) is 11.5. The van der Waals surface area contributed by atoms with Crippen molar-refractivity contribution in [3.63, 3.8) is 0 Å². The van der Waals surface area contributed by atoms with Crippen molar-refractivity contribution in [3.8, 4) is 5.75 Å². The molecule has 0 spiro atoms. The molecule has 0 aliphatic rings. The van der Waals surface area contributed by atoms with E-state index in [1.54, 1.807) is 18.2 Å². The van der Waals surface area contributed by atoms with Crippen LogP contribution in [0.3, 0.4) is 0 Å². The number of aryl methyl sites for hydroxylation is 1. The molecule has 0 radical (unpaired) electrons. The van der Waals surface area contributed by atoms with Gasteiger partial charge in [-0.15, -0.1) is 0 Å². The molecular formula is C17H17FO3. The quantitative estimate of drug-likeness (QED) is 0.915. The Morgan fingerprint density at radius 2 is 2.05 bits per heavy atom. The van der Waals surface area contributed by atoms with E-state index in [0.717, 1.165) is 5.56 Å². The van der Waals surface area contributed by atoms with E-state index in [4.69, 9.17) is 4.74 Å². The standard InChI is InChI=1S/C17H17FO3/c1-11-4-3-5-12(8-11)15(17(19)20)9-13-6-7-14(21-2)10-16(13)18/h3-8,10,15H,9H2,1-2H3,(H,19,20). The molecule has 2 aromatic carbocycles. The molecule has 2 aromatic rings. The summed E-state index contributed by atoms with van der Waals surface area (Å²) in [7, 11) is 1.46. The molecule has 0 amide bonds. The van der Waals surface area contributed by atoms with Gasteiger partial charge in [0.05, 0.1) is 13.0 Å². The average molecular weight is 288 g/mol. The molecule has 4 heteroatoms. The van der Waals surface area contributed by atoms with Crippen molar-refractivity contribution in [1.29, 1.82) is 0 Å². The Bertz CT molecular complexity index is 652. The van der Waals surface area contributed by atoms with Crippen LogP contribution in [0.1, 0.15) is 22.6 Å². The van der Waals surface area contributed by atoms with E-state index in [2.05, 4.69) is 0 Å². The van der Waals surface area contributed by atoms with Gasteiger partial charge in [0.1, 0.15) is 11.6 Å². The summed E-state index contributed by atoms with van der Waals surface area (Å²) in [6.45, 7) is 1.90. The van der Waals surface area contributed by atoms with Gasteiger partial charge in [0.25, 0.3) is 0 Å². The normalized spacial score (nSPS) is 12.0. The first-order valence-electron chi connectivity index (χ1n) is 6.63. The molecule has 0 bridgehead atoms. The van der Waals surface area contributed by atoms with Gasteiger partial charge in [0, 0.05) is 6.07 Å². The molecule has 0 saturated heterocycles. The highest BCUT2D eigenvalue weighted by molar-refractivity contribution is 5.76. The fourth-order valence-corrected chi connectivity index (χ4v) is 2.28. The molecule has 0 heterocycles.